The van der Waals surface area contributed by atoms with Gasteiger partial charge < -0.3 is 15.3 Å². The van der Waals surface area contributed by atoms with Crippen molar-refractivity contribution in [1.82, 2.24) is 0 Å². The number of halogens is 1. The summed E-state index contributed by atoms with van der Waals surface area (Å²) < 4.78 is 16.7. The van der Waals surface area contributed by atoms with Gasteiger partial charge in [0.1, 0.15) is 6.61 Å². The van der Waals surface area contributed by atoms with Gasteiger partial charge in [0.25, 0.3) is 0 Å². The molecular weight excluding hydrogens is 351 g/mol. The zero-order valence-corrected chi connectivity index (χ0v) is 15.7. The van der Waals surface area contributed by atoms with Gasteiger partial charge in [0.2, 0.25) is 0 Å². The largest absolute Gasteiger partial charge is 0.392 e. The van der Waals surface area contributed by atoms with Crippen LogP contribution in [-0.4, -0.2) is 51.4 Å². The maximum absolute atomic E-state index is 16.7. The molecule has 0 heterocycles. The molecular formula is C21H27FO5. The minimum Gasteiger partial charge on any atom is -0.392 e. The number of allylic oxidation sites excluding steroid dienone is 4. The smallest absolute Gasteiger partial charge is 0.164 e. The van der Waals surface area contributed by atoms with Crippen LogP contribution in [0.2, 0.25) is 0 Å². The molecule has 0 spiro atoms. The molecule has 0 bridgehead atoms. The molecule has 148 valence electrons. The maximum atomic E-state index is 16.7. The van der Waals surface area contributed by atoms with E-state index >= 15 is 4.39 Å². The lowest BCUT2D eigenvalue weighted by Gasteiger charge is -2.61. The summed E-state index contributed by atoms with van der Waals surface area (Å²) in [5.74, 6) is -2.17. The Morgan fingerprint density at radius 1 is 1.30 bits per heavy atom. The monoisotopic (exact) mass is 378 g/mol. The van der Waals surface area contributed by atoms with Crippen molar-refractivity contribution in [3.8, 4) is 0 Å². The standard InChI is InChI=1S/C21H27FO5/c1-19-9-17(27)21(22)13(14(19)8-15(25)18(19)16(26)10-23)4-3-11-7-12(24)5-6-20(11,21)2/h3,5-6,13-15,17-18,23,25,27H,4,7-10H2,1-2H3/t13-,14-,15+,17-,18+,19-,20-,21-/m0/s1. The molecule has 4 aliphatic carbocycles. The summed E-state index contributed by atoms with van der Waals surface area (Å²) in [5.41, 5.74) is -3.10. The van der Waals surface area contributed by atoms with E-state index in [1.54, 1.807) is 13.0 Å². The number of hydrogen-bond acceptors (Lipinski definition) is 5. The van der Waals surface area contributed by atoms with Gasteiger partial charge in [-0.3, -0.25) is 9.59 Å². The molecule has 0 saturated heterocycles. The van der Waals surface area contributed by atoms with Crippen molar-refractivity contribution < 1.29 is 29.3 Å². The molecule has 0 aromatic heterocycles. The van der Waals surface area contributed by atoms with E-state index in [2.05, 4.69) is 0 Å². The Kier molecular flexibility index (Phi) is 4.09. The molecule has 0 amide bonds. The summed E-state index contributed by atoms with van der Waals surface area (Å²) in [6.45, 7) is 2.90. The number of alkyl halides is 1. The fourth-order valence-electron chi connectivity index (χ4n) is 6.81. The third-order valence-corrected chi connectivity index (χ3v) is 8.13. The number of aliphatic hydroxyl groups is 3. The number of carbonyl (C=O) groups excluding carboxylic acids is 2. The Bertz CT molecular complexity index is 760. The van der Waals surface area contributed by atoms with Gasteiger partial charge in [0.05, 0.1) is 18.1 Å². The van der Waals surface area contributed by atoms with E-state index in [0.29, 0.717) is 12.0 Å². The van der Waals surface area contributed by atoms with Crippen molar-refractivity contribution in [1.29, 1.82) is 0 Å². The molecule has 6 heteroatoms. The summed E-state index contributed by atoms with van der Waals surface area (Å²) in [5, 5.41) is 30.9. The average molecular weight is 378 g/mol. The summed E-state index contributed by atoms with van der Waals surface area (Å²) in [6, 6.07) is 0. The van der Waals surface area contributed by atoms with Gasteiger partial charge in [-0.2, -0.15) is 0 Å². The van der Waals surface area contributed by atoms with Crippen LogP contribution in [0.3, 0.4) is 0 Å². The van der Waals surface area contributed by atoms with Crippen molar-refractivity contribution in [2.75, 3.05) is 6.61 Å². The third kappa shape index (κ3) is 2.21. The second-order valence-electron chi connectivity index (χ2n) is 9.26. The van der Waals surface area contributed by atoms with Crippen LogP contribution in [-0.2, 0) is 9.59 Å². The lowest BCUT2D eigenvalue weighted by Crippen LogP contribution is -2.66. The van der Waals surface area contributed by atoms with E-state index < -0.39 is 52.9 Å². The Balaban J connectivity index is 1.81. The Morgan fingerprint density at radius 2 is 2.00 bits per heavy atom. The highest BCUT2D eigenvalue weighted by molar-refractivity contribution is 5.93. The van der Waals surface area contributed by atoms with Crippen molar-refractivity contribution >= 4 is 11.6 Å². The van der Waals surface area contributed by atoms with Gasteiger partial charge in [0.15, 0.2) is 17.2 Å². The van der Waals surface area contributed by atoms with E-state index in [4.69, 9.17) is 0 Å². The van der Waals surface area contributed by atoms with Crippen LogP contribution in [0.25, 0.3) is 0 Å². The second kappa shape index (κ2) is 5.82. The number of hydrogen-bond donors (Lipinski definition) is 3. The minimum absolute atomic E-state index is 0.0444. The first-order valence-corrected chi connectivity index (χ1v) is 9.69. The van der Waals surface area contributed by atoms with Crippen LogP contribution >= 0.6 is 0 Å². The summed E-state index contributed by atoms with van der Waals surface area (Å²) >= 11 is 0. The molecule has 8 atom stereocenters. The van der Waals surface area contributed by atoms with Crippen LogP contribution in [0.15, 0.2) is 23.8 Å². The van der Waals surface area contributed by atoms with Gasteiger partial charge in [-0.05, 0) is 43.6 Å². The number of ketones is 2. The van der Waals surface area contributed by atoms with Gasteiger partial charge in [-0.15, -0.1) is 0 Å². The molecule has 5 nitrogen and oxygen atoms in total. The van der Waals surface area contributed by atoms with Crippen LogP contribution in [0.5, 0.6) is 0 Å². The molecule has 2 fully saturated rings. The first kappa shape index (κ1) is 19.0. The SMILES string of the molecule is C[C@]12C[C@H](O)[C@@]3(F)[C@@H](CC=C4CC(=O)C=C[C@@]43C)[C@@H]1C[C@@H](O)[C@@H]2C(=O)CO. The summed E-state index contributed by atoms with van der Waals surface area (Å²) in [4.78, 5) is 24.1. The first-order chi connectivity index (χ1) is 12.6. The van der Waals surface area contributed by atoms with Crippen molar-refractivity contribution in [2.45, 2.75) is 57.4 Å². The Labute approximate surface area is 158 Å². The maximum Gasteiger partial charge on any atom is 0.164 e. The Hall–Kier alpha value is -1.37. The van der Waals surface area contributed by atoms with Crippen molar-refractivity contribution in [3.05, 3.63) is 23.8 Å². The zero-order chi connectivity index (χ0) is 19.8. The van der Waals surface area contributed by atoms with E-state index in [-0.39, 0.29) is 31.0 Å². The molecule has 0 aliphatic heterocycles. The van der Waals surface area contributed by atoms with Crippen LogP contribution < -0.4 is 0 Å². The molecule has 0 aromatic rings. The molecule has 27 heavy (non-hydrogen) atoms. The highest BCUT2D eigenvalue weighted by Gasteiger charge is 2.71. The zero-order valence-electron chi connectivity index (χ0n) is 15.7. The number of Topliss-reactive ketones (excluding diaryl/α,β-unsaturated/α-hetero) is 1. The van der Waals surface area contributed by atoms with E-state index in [1.807, 2.05) is 13.0 Å². The fourth-order valence-corrected chi connectivity index (χ4v) is 6.81. The number of aliphatic hydroxyl groups excluding tert-OH is 3. The first-order valence-electron chi connectivity index (χ1n) is 9.69. The fraction of sp³-hybridized carbons (Fsp3) is 0.714. The van der Waals surface area contributed by atoms with Crippen molar-refractivity contribution in [3.63, 3.8) is 0 Å². The van der Waals surface area contributed by atoms with Gasteiger partial charge in [-0.25, -0.2) is 4.39 Å². The molecule has 4 rings (SSSR count). The summed E-state index contributed by atoms with van der Waals surface area (Å²) in [7, 11) is 0. The van der Waals surface area contributed by atoms with Crippen LogP contribution in [0.1, 0.15) is 39.5 Å². The number of carbonyl (C=O) groups is 2. The molecule has 4 aliphatic rings. The second-order valence-corrected chi connectivity index (χ2v) is 9.26. The lowest BCUT2D eigenvalue weighted by molar-refractivity contribution is -0.190. The number of fused-ring (bicyclic) bond motifs is 5. The molecule has 2 saturated carbocycles. The molecule has 0 radical (unpaired) electrons. The normalized spacial score (nSPS) is 51.3. The number of rotatable bonds is 2. The molecule has 0 unspecified atom stereocenters. The predicted octanol–water partition coefficient (Wildman–Crippen LogP) is 1.51. The van der Waals surface area contributed by atoms with Crippen molar-refractivity contribution in [2.24, 2.45) is 28.6 Å². The van der Waals surface area contributed by atoms with E-state index in [1.165, 1.54) is 6.08 Å². The van der Waals surface area contributed by atoms with E-state index in [9.17, 15) is 24.9 Å². The van der Waals surface area contributed by atoms with E-state index in [0.717, 1.165) is 0 Å². The van der Waals surface area contributed by atoms with Gasteiger partial charge >= 0.3 is 0 Å². The lowest BCUT2D eigenvalue weighted by atomic mass is 9.46. The molecule has 0 aromatic carbocycles. The van der Waals surface area contributed by atoms with Gasteiger partial charge in [-0.1, -0.05) is 24.6 Å². The summed E-state index contributed by atoms with van der Waals surface area (Å²) in [6.07, 6.45) is 3.48. The quantitative estimate of drug-likeness (QED) is 0.633. The molecule has 3 N–H and O–H groups in total. The van der Waals surface area contributed by atoms with Crippen LogP contribution in [0, 0.1) is 28.6 Å². The predicted molar refractivity (Wildman–Crippen MR) is 95.3 cm³/mol. The topological polar surface area (TPSA) is 94.8 Å². The third-order valence-electron chi connectivity index (χ3n) is 8.13. The van der Waals surface area contributed by atoms with Crippen LogP contribution in [0.4, 0.5) is 4.39 Å². The highest BCUT2D eigenvalue weighted by atomic mass is 19.1. The highest BCUT2D eigenvalue weighted by Crippen LogP contribution is 2.68. The minimum atomic E-state index is -1.96. The Morgan fingerprint density at radius 3 is 2.67 bits per heavy atom. The van der Waals surface area contributed by atoms with Gasteiger partial charge in [0, 0.05) is 17.8 Å². The average Bonchev–Trinajstić information content (AvgIpc) is 2.86.